The van der Waals surface area contributed by atoms with Crippen LogP contribution < -0.4 is 0 Å². The van der Waals surface area contributed by atoms with Gasteiger partial charge in [-0.1, -0.05) is 23.6 Å². The van der Waals surface area contributed by atoms with E-state index in [4.69, 9.17) is 16.4 Å². The number of fused-ring (bicyclic) bond motifs is 5. The molecule has 0 saturated heterocycles. The molecule has 0 heterocycles. The number of esters is 1. The molecule has 3 fully saturated rings. The topological polar surface area (TPSA) is 58.9 Å². The van der Waals surface area contributed by atoms with Crippen LogP contribution in [0.4, 0.5) is 0 Å². The largest absolute Gasteiger partial charge is 0.445 e. The fourth-order valence-electron chi connectivity index (χ4n) is 7.45. The van der Waals surface area contributed by atoms with Crippen molar-refractivity contribution in [2.45, 2.75) is 77.2 Å². The van der Waals surface area contributed by atoms with Crippen molar-refractivity contribution in [2.75, 3.05) is 0 Å². The summed E-state index contributed by atoms with van der Waals surface area (Å²) in [4.78, 5) is 11.9. The third kappa shape index (κ3) is 2.57. The van der Waals surface area contributed by atoms with Crippen LogP contribution in [0.15, 0.2) is 16.8 Å². The first-order valence-corrected chi connectivity index (χ1v) is 10.6. The van der Waals surface area contributed by atoms with Crippen LogP contribution in [0.3, 0.4) is 0 Å². The van der Waals surface area contributed by atoms with Gasteiger partial charge in [-0.05, 0) is 87.5 Å². The van der Waals surface area contributed by atoms with E-state index in [2.05, 4.69) is 24.1 Å². The molecule has 4 aliphatic carbocycles. The van der Waals surface area contributed by atoms with Gasteiger partial charge in [0.05, 0.1) is 5.71 Å². The highest BCUT2D eigenvalue weighted by Crippen LogP contribution is 2.67. The van der Waals surface area contributed by atoms with Crippen LogP contribution in [0.2, 0.25) is 0 Å². The van der Waals surface area contributed by atoms with Gasteiger partial charge in [0.1, 0.15) is 0 Å². The number of allylic oxidation sites excluding steroid dienone is 2. The van der Waals surface area contributed by atoms with E-state index in [1.54, 1.807) is 0 Å². The van der Waals surface area contributed by atoms with Crippen LogP contribution in [0.1, 0.15) is 71.6 Å². The molecule has 0 aromatic heterocycles. The molecule has 0 bridgehead atoms. The van der Waals surface area contributed by atoms with Crippen LogP contribution in [-0.4, -0.2) is 22.5 Å². The zero-order chi connectivity index (χ0) is 19.2. The Morgan fingerprint density at radius 1 is 1.30 bits per heavy atom. The minimum Gasteiger partial charge on any atom is -0.445 e. The lowest BCUT2D eigenvalue weighted by atomic mass is 9.49. The van der Waals surface area contributed by atoms with Crippen molar-refractivity contribution in [3.05, 3.63) is 11.6 Å². The van der Waals surface area contributed by atoms with E-state index < -0.39 is 5.60 Å². The molecule has 146 valence electrons. The van der Waals surface area contributed by atoms with Gasteiger partial charge in [0.15, 0.2) is 5.60 Å². The lowest BCUT2D eigenvalue weighted by molar-refractivity contribution is -0.170. The van der Waals surface area contributed by atoms with Gasteiger partial charge in [-0.2, -0.15) is 0 Å². The van der Waals surface area contributed by atoms with E-state index in [-0.39, 0.29) is 11.4 Å². The molecule has 0 amide bonds. The SMILES string of the molecule is C#C[C@]1(OC(C)=O)CC[C@@H]2[C@@H]3CCC4=C/C(=N\O)CC[C@@H]4[C@H]3CC[C@@]21CC. The van der Waals surface area contributed by atoms with Gasteiger partial charge in [0.2, 0.25) is 0 Å². The monoisotopic (exact) mass is 369 g/mol. The average molecular weight is 370 g/mol. The maximum atomic E-state index is 11.9. The maximum absolute atomic E-state index is 11.9. The molecule has 4 rings (SSSR count). The Kier molecular flexibility index (Phi) is 4.61. The number of hydrogen-bond acceptors (Lipinski definition) is 4. The molecule has 0 aromatic rings. The Labute approximate surface area is 162 Å². The van der Waals surface area contributed by atoms with Crippen molar-refractivity contribution in [1.82, 2.24) is 0 Å². The second-order valence-electron chi connectivity index (χ2n) is 9.08. The van der Waals surface area contributed by atoms with E-state index in [1.807, 2.05) is 0 Å². The molecule has 4 aliphatic rings. The summed E-state index contributed by atoms with van der Waals surface area (Å²) in [5.41, 5.74) is 1.53. The fourth-order valence-corrected chi connectivity index (χ4v) is 7.45. The number of carbonyl (C=O) groups excluding carboxylic acids is 1. The first-order chi connectivity index (χ1) is 13.0. The Hall–Kier alpha value is -1.76. The Bertz CT molecular complexity index is 732. The van der Waals surface area contributed by atoms with E-state index >= 15 is 0 Å². The van der Waals surface area contributed by atoms with Gasteiger partial charge in [-0.15, -0.1) is 6.42 Å². The van der Waals surface area contributed by atoms with Gasteiger partial charge in [0.25, 0.3) is 0 Å². The summed E-state index contributed by atoms with van der Waals surface area (Å²) in [6, 6.07) is 0. The highest BCUT2D eigenvalue weighted by molar-refractivity contribution is 5.96. The summed E-state index contributed by atoms with van der Waals surface area (Å²) in [7, 11) is 0. The molecule has 0 aliphatic heterocycles. The fraction of sp³-hybridized carbons (Fsp3) is 0.739. The Morgan fingerprint density at radius 2 is 2.11 bits per heavy atom. The highest BCUT2D eigenvalue weighted by Gasteiger charge is 2.65. The summed E-state index contributed by atoms with van der Waals surface area (Å²) >= 11 is 0. The number of oxime groups is 1. The van der Waals surface area contributed by atoms with Gasteiger partial charge in [-0.25, -0.2) is 0 Å². The average Bonchev–Trinajstić information content (AvgIpc) is 3.01. The van der Waals surface area contributed by atoms with Crippen molar-refractivity contribution >= 4 is 11.7 Å². The summed E-state index contributed by atoms with van der Waals surface area (Å²) in [6.45, 7) is 3.72. The molecule has 27 heavy (non-hydrogen) atoms. The lowest BCUT2D eigenvalue weighted by Gasteiger charge is -2.56. The molecular formula is C23H31NO3. The third-order valence-electron chi connectivity index (χ3n) is 8.45. The Balaban J connectivity index is 1.66. The quantitative estimate of drug-likeness (QED) is 0.332. The van der Waals surface area contributed by atoms with Gasteiger partial charge < -0.3 is 9.94 Å². The summed E-state index contributed by atoms with van der Waals surface area (Å²) < 4.78 is 5.90. The molecule has 0 radical (unpaired) electrons. The van der Waals surface area contributed by atoms with Gasteiger partial charge in [0, 0.05) is 12.3 Å². The van der Waals surface area contributed by atoms with Crippen molar-refractivity contribution in [2.24, 2.45) is 34.2 Å². The smallest absolute Gasteiger partial charge is 0.304 e. The summed E-state index contributed by atoms with van der Waals surface area (Å²) in [5, 5.41) is 12.6. The number of nitrogens with zero attached hydrogens (tertiary/aromatic N) is 1. The van der Waals surface area contributed by atoms with Crippen LogP contribution in [0.25, 0.3) is 0 Å². The lowest BCUT2D eigenvalue weighted by Crippen LogP contribution is -2.55. The Morgan fingerprint density at radius 3 is 2.78 bits per heavy atom. The van der Waals surface area contributed by atoms with Gasteiger partial charge >= 0.3 is 5.97 Å². The first kappa shape index (κ1) is 18.6. The zero-order valence-electron chi connectivity index (χ0n) is 16.5. The zero-order valence-corrected chi connectivity index (χ0v) is 16.5. The number of carbonyl (C=O) groups is 1. The van der Waals surface area contributed by atoms with Crippen molar-refractivity contribution in [3.8, 4) is 12.3 Å². The molecule has 6 atom stereocenters. The standard InChI is InChI=1S/C23H31NO3/c1-4-22-12-10-19-18-9-7-17(24-26)14-16(18)6-8-20(19)21(22)11-13-23(22,5-2)27-15(3)25/h2,14,18-21,26H,4,6-13H2,1,3H3/b24-17-/t18-,19+,20+,21+,22-,23-/m0/s1. The van der Waals surface area contributed by atoms with E-state index in [9.17, 15) is 4.79 Å². The van der Waals surface area contributed by atoms with Crippen molar-refractivity contribution in [3.63, 3.8) is 0 Å². The van der Waals surface area contributed by atoms with Crippen LogP contribution in [0.5, 0.6) is 0 Å². The van der Waals surface area contributed by atoms with Crippen LogP contribution in [0, 0.1) is 41.4 Å². The molecule has 3 saturated carbocycles. The summed E-state index contributed by atoms with van der Waals surface area (Å²) in [6.07, 6.45) is 17.5. The van der Waals surface area contributed by atoms with Crippen molar-refractivity contribution < 1.29 is 14.7 Å². The van der Waals surface area contributed by atoms with E-state index in [0.29, 0.717) is 23.7 Å². The van der Waals surface area contributed by atoms with E-state index in [1.165, 1.54) is 18.9 Å². The first-order valence-electron chi connectivity index (χ1n) is 10.6. The second kappa shape index (κ2) is 6.69. The minimum atomic E-state index is -0.720. The molecule has 0 spiro atoms. The van der Waals surface area contributed by atoms with Crippen LogP contribution in [-0.2, 0) is 9.53 Å². The second-order valence-corrected chi connectivity index (χ2v) is 9.08. The van der Waals surface area contributed by atoms with Crippen molar-refractivity contribution in [1.29, 1.82) is 0 Å². The number of hydrogen-bond donors (Lipinski definition) is 1. The van der Waals surface area contributed by atoms with E-state index in [0.717, 1.165) is 57.1 Å². The molecule has 4 nitrogen and oxygen atoms in total. The normalized spacial score (nSPS) is 44.5. The molecule has 4 heteroatoms. The molecule has 0 aromatic carbocycles. The minimum absolute atomic E-state index is 0.0673. The van der Waals surface area contributed by atoms with Gasteiger partial charge in [-0.3, -0.25) is 4.79 Å². The number of terminal acetylenes is 1. The number of rotatable bonds is 2. The van der Waals surface area contributed by atoms with Crippen LogP contribution >= 0.6 is 0 Å². The molecular weight excluding hydrogens is 338 g/mol. The molecule has 1 N–H and O–H groups in total. The third-order valence-corrected chi connectivity index (χ3v) is 8.45. The highest BCUT2D eigenvalue weighted by atomic mass is 16.6. The number of ether oxygens (including phenoxy) is 1. The molecule has 0 unspecified atom stereocenters. The summed E-state index contributed by atoms with van der Waals surface area (Å²) in [5.74, 6) is 5.25. The predicted octanol–water partition coefficient (Wildman–Crippen LogP) is 4.71. The predicted molar refractivity (Wildman–Crippen MR) is 104 cm³/mol. The maximum Gasteiger partial charge on any atom is 0.304 e.